The predicted molar refractivity (Wildman–Crippen MR) is 92.5 cm³/mol. The molecule has 0 saturated carbocycles. The topological polar surface area (TPSA) is 85.9 Å². The van der Waals surface area contributed by atoms with Gasteiger partial charge < -0.3 is 24.8 Å². The number of hydrogen-bond donors (Lipinski definition) is 2. The molecule has 1 aliphatic heterocycles. The van der Waals surface area contributed by atoms with Gasteiger partial charge in [0.05, 0.1) is 32.4 Å². The number of ether oxygens (including phenoxy) is 3. The molecule has 25 heavy (non-hydrogen) atoms. The molecule has 1 heterocycles. The number of nitrogens with one attached hydrogen (secondary N) is 2. The maximum atomic E-state index is 12.6. The van der Waals surface area contributed by atoms with Crippen LogP contribution in [0.4, 0.5) is 4.79 Å². The lowest BCUT2D eigenvalue weighted by Gasteiger charge is -2.29. The van der Waals surface area contributed by atoms with Crippen molar-refractivity contribution in [1.29, 1.82) is 0 Å². The second-order valence-electron chi connectivity index (χ2n) is 5.67. The molecule has 1 aromatic rings. The minimum absolute atomic E-state index is 0.340. The van der Waals surface area contributed by atoms with Gasteiger partial charge in [-0.05, 0) is 25.5 Å². The van der Waals surface area contributed by atoms with Gasteiger partial charge in [0.1, 0.15) is 11.5 Å². The molecule has 2 amide bonds. The van der Waals surface area contributed by atoms with E-state index in [1.807, 2.05) is 6.92 Å². The number of esters is 1. The summed E-state index contributed by atoms with van der Waals surface area (Å²) >= 11 is 0. The molecule has 0 saturated heterocycles. The molecule has 2 rings (SSSR count). The summed E-state index contributed by atoms with van der Waals surface area (Å²) in [4.78, 5) is 24.5. The molecular formula is C18H24N2O5. The van der Waals surface area contributed by atoms with Crippen molar-refractivity contribution in [3.8, 4) is 11.5 Å². The van der Waals surface area contributed by atoms with Gasteiger partial charge in [0, 0.05) is 17.3 Å². The third-order valence-electron chi connectivity index (χ3n) is 3.97. The Morgan fingerprint density at radius 2 is 2.00 bits per heavy atom. The number of amides is 2. The van der Waals surface area contributed by atoms with E-state index in [0.29, 0.717) is 34.9 Å². The van der Waals surface area contributed by atoms with E-state index in [2.05, 4.69) is 10.6 Å². The zero-order valence-electron chi connectivity index (χ0n) is 15.0. The highest BCUT2D eigenvalue weighted by Crippen LogP contribution is 2.35. The van der Waals surface area contributed by atoms with Crippen LogP contribution in [0.2, 0.25) is 0 Å². The lowest BCUT2D eigenvalue weighted by molar-refractivity contribution is -0.139. The number of unbranched alkanes of at least 4 members (excludes halogenated alkanes) is 1. The summed E-state index contributed by atoms with van der Waals surface area (Å²) in [6.07, 6.45) is 1.71. The maximum Gasteiger partial charge on any atom is 0.338 e. The molecule has 0 fully saturated rings. The minimum Gasteiger partial charge on any atom is -0.497 e. The maximum absolute atomic E-state index is 12.6. The third kappa shape index (κ3) is 4.23. The number of rotatable bonds is 7. The van der Waals surface area contributed by atoms with Crippen LogP contribution < -0.4 is 20.1 Å². The van der Waals surface area contributed by atoms with Gasteiger partial charge in [0.25, 0.3) is 0 Å². The first-order valence-corrected chi connectivity index (χ1v) is 8.19. The van der Waals surface area contributed by atoms with Gasteiger partial charge in [-0.3, -0.25) is 0 Å². The van der Waals surface area contributed by atoms with Crippen LogP contribution in [0.1, 0.15) is 38.3 Å². The fraction of sp³-hybridized carbons (Fsp3) is 0.444. The van der Waals surface area contributed by atoms with Crippen molar-refractivity contribution in [2.75, 3.05) is 20.8 Å². The van der Waals surface area contributed by atoms with Crippen molar-refractivity contribution in [3.05, 3.63) is 35.0 Å². The van der Waals surface area contributed by atoms with Crippen LogP contribution in [0.3, 0.4) is 0 Å². The monoisotopic (exact) mass is 348 g/mol. The van der Waals surface area contributed by atoms with Crippen LogP contribution in [0.15, 0.2) is 29.5 Å². The van der Waals surface area contributed by atoms with E-state index in [0.717, 1.165) is 12.8 Å². The lowest BCUT2D eigenvalue weighted by atomic mass is 9.94. The van der Waals surface area contributed by atoms with Crippen LogP contribution in [-0.2, 0) is 9.53 Å². The summed E-state index contributed by atoms with van der Waals surface area (Å²) in [5.41, 5.74) is 1.48. The summed E-state index contributed by atoms with van der Waals surface area (Å²) in [7, 11) is 3.08. The van der Waals surface area contributed by atoms with Crippen molar-refractivity contribution < 1.29 is 23.8 Å². The summed E-state index contributed by atoms with van der Waals surface area (Å²) < 4.78 is 16.0. The summed E-state index contributed by atoms with van der Waals surface area (Å²) in [6.45, 7) is 4.04. The van der Waals surface area contributed by atoms with Crippen LogP contribution in [-0.4, -0.2) is 32.8 Å². The number of hydrogen-bond acceptors (Lipinski definition) is 5. The quantitative estimate of drug-likeness (QED) is 0.584. The Bertz CT molecular complexity index is 684. The van der Waals surface area contributed by atoms with Gasteiger partial charge in [-0.1, -0.05) is 13.3 Å². The molecule has 1 atom stereocenters. The normalized spacial score (nSPS) is 16.8. The Morgan fingerprint density at radius 3 is 2.64 bits per heavy atom. The molecule has 0 radical (unpaired) electrons. The van der Waals surface area contributed by atoms with Crippen LogP contribution in [0.25, 0.3) is 0 Å². The fourth-order valence-electron chi connectivity index (χ4n) is 2.64. The fourth-order valence-corrected chi connectivity index (χ4v) is 2.64. The van der Waals surface area contributed by atoms with E-state index >= 15 is 0 Å². The molecule has 0 spiro atoms. The Kier molecular flexibility index (Phi) is 6.27. The van der Waals surface area contributed by atoms with Crippen molar-refractivity contribution in [2.45, 2.75) is 32.7 Å². The zero-order valence-corrected chi connectivity index (χ0v) is 15.0. The molecular weight excluding hydrogens is 324 g/mol. The van der Waals surface area contributed by atoms with Gasteiger partial charge in [-0.25, -0.2) is 9.59 Å². The van der Waals surface area contributed by atoms with E-state index in [1.54, 1.807) is 32.2 Å². The van der Waals surface area contributed by atoms with Crippen molar-refractivity contribution in [1.82, 2.24) is 10.6 Å². The molecule has 1 unspecified atom stereocenters. The van der Waals surface area contributed by atoms with E-state index in [4.69, 9.17) is 14.2 Å². The van der Waals surface area contributed by atoms with Crippen molar-refractivity contribution >= 4 is 12.0 Å². The second-order valence-corrected chi connectivity index (χ2v) is 5.67. The second kappa shape index (κ2) is 8.41. The SMILES string of the molecule is CCCCOC(=O)C1=C(C)NC(=O)NC1c1ccc(OC)cc1OC. The van der Waals surface area contributed by atoms with Crippen LogP contribution >= 0.6 is 0 Å². The Labute approximate surface area is 147 Å². The first kappa shape index (κ1) is 18.6. The Hall–Kier alpha value is -2.70. The third-order valence-corrected chi connectivity index (χ3v) is 3.97. The van der Waals surface area contributed by atoms with Crippen molar-refractivity contribution in [2.24, 2.45) is 0 Å². The first-order chi connectivity index (χ1) is 12.0. The first-order valence-electron chi connectivity index (χ1n) is 8.19. The number of allylic oxidation sites excluding steroid dienone is 1. The van der Waals surface area contributed by atoms with E-state index < -0.39 is 12.0 Å². The molecule has 0 aromatic heterocycles. The number of urea groups is 1. The summed E-state index contributed by atoms with van der Waals surface area (Å²) in [5, 5.41) is 5.39. The summed E-state index contributed by atoms with van der Waals surface area (Å²) in [5.74, 6) is 0.674. The Balaban J connectivity index is 2.40. The van der Waals surface area contributed by atoms with Gasteiger partial charge in [0.2, 0.25) is 0 Å². The number of carbonyl (C=O) groups excluding carboxylic acids is 2. The smallest absolute Gasteiger partial charge is 0.338 e. The highest BCUT2D eigenvalue weighted by molar-refractivity contribution is 5.95. The van der Waals surface area contributed by atoms with Gasteiger partial charge in [0.15, 0.2) is 0 Å². The van der Waals surface area contributed by atoms with Crippen LogP contribution in [0.5, 0.6) is 11.5 Å². The van der Waals surface area contributed by atoms with E-state index in [1.165, 1.54) is 7.11 Å². The highest BCUT2D eigenvalue weighted by atomic mass is 16.5. The highest BCUT2D eigenvalue weighted by Gasteiger charge is 2.34. The number of benzene rings is 1. The molecule has 1 aromatic carbocycles. The summed E-state index contributed by atoms with van der Waals surface area (Å²) in [6, 6.07) is 4.18. The predicted octanol–water partition coefficient (Wildman–Crippen LogP) is 2.68. The average Bonchev–Trinajstić information content (AvgIpc) is 2.60. The van der Waals surface area contributed by atoms with E-state index in [-0.39, 0.29) is 6.03 Å². The molecule has 136 valence electrons. The molecule has 7 heteroatoms. The standard InChI is InChI=1S/C18H24N2O5/c1-5-6-9-25-17(21)15-11(2)19-18(22)20-16(15)13-8-7-12(23-3)10-14(13)24-4/h7-8,10,16H,5-6,9H2,1-4H3,(H2,19,20,22). The largest absolute Gasteiger partial charge is 0.497 e. The molecule has 0 bridgehead atoms. The van der Waals surface area contributed by atoms with Gasteiger partial charge >= 0.3 is 12.0 Å². The Morgan fingerprint density at radius 1 is 1.24 bits per heavy atom. The van der Waals surface area contributed by atoms with E-state index in [9.17, 15) is 9.59 Å². The number of carbonyl (C=O) groups is 2. The molecule has 1 aliphatic rings. The van der Waals surface area contributed by atoms with Gasteiger partial charge in [-0.15, -0.1) is 0 Å². The molecule has 7 nitrogen and oxygen atoms in total. The minimum atomic E-state index is -0.663. The number of methoxy groups -OCH3 is 2. The molecule has 2 N–H and O–H groups in total. The average molecular weight is 348 g/mol. The lowest BCUT2D eigenvalue weighted by Crippen LogP contribution is -2.45. The van der Waals surface area contributed by atoms with Crippen molar-refractivity contribution in [3.63, 3.8) is 0 Å². The molecule has 0 aliphatic carbocycles. The van der Waals surface area contributed by atoms with Crippen LogP contribution in [0, 0.1) is 0 Å². The van der Waals surface area contributed by atoms with Gasteiger partial charge in [-0.2, -0.15) is 0 Å². The zero-order chi connectivity index (χ0) is 18.4.